The van der Waals surface area contributed by atoms with E-state index in [2.05, 4.69) is 77.4 Å². The molecular formula is C38H19N3OS. The van der Waals surface area contributed by atoms with Crippen LogP contribution in [0.1, 0.15) is 11.1 Å². The highest BCUT2D eigenvalue weighted by atomic mass is 32.1. The molecule has 0 amide bonds. The summed E-state index contributed by atoms with van der Waals surface area (Å²) in [7, 11) is 0. The molecule has 6 aromatic carbocycles. The number of aromatic nitrogens is 1. The number of furan rings is 1. The van der Waals surface area contributed by atoms with E-state index in [1.807, 2.05) is 54.6 Å². The molecule has 0 bridgehead atoms. The fraction of sp³-hybridized carbons (Fsp3) is 0. The van der Waals surface area contributed by atoms with E-state index in [1.165, 1.54) is 20.2 Å². The average Bonchev–Trinajstić information content (AvgIpc) is 3.73. The Bertz CT molecular complexity index is 2710. The molecule has 198 valence electrons. The fourth-order valence-electron chi connectivity index (χ4n) is 6.58. The summed E-state index contributed by atoms with van der Waals surface area (Å²) in [5.41, 5.74) is 7.31. The Hall–Kier alpha value is -5.88. The van der Waals surface area contributed by atoms with Crippen molar-refractivity contribution in [3.8, 4) is 29.0 Å². The van der Waals surface area contributed by atoms with Gasteiger partial charge in [-0.1, -0.05) is 72.8 Å². The third kappa shape index (κ3) is 3.29. The van der Waals surface area contributed by atoms with Crippen molar-refractivity contribution in [2.45, 2.75) is 0 Å². The van der Waals surface area contributed by atoms with Crippen molar-refractivity contribution in [2.24, 2.45) is 0 Å². The van der Waals surface area contributed by atoms with Gasteiger partial charge in [0.25, 0.3) is 0 Å². The van der Waals surface area contributed by atoms with Crippen molar-refractivity contribution in [3.05, 3.63) is 126 Å². The van der Waals surface area contributed by atoms with Crippen LogP contribution in [0.5, 0.6) is 0 Å². The number of hydrogen-bond acceptors (Lipinski definition) is 4. The van der Waals surface area contributed by atoms with E-state index in [1.54, 1.807) is 11.3 Å². The van der Waals surface area contributed by atoms with Crippen LogP contribution in [0.2, 0.25) is 0 Å². The highest BCUT2D eigenvalue weighted by molar-refractivity contribution is 7.25. The van der Waals surface area contributed by atoms with Gasteiger partial charge in [0.05, 0.1) is 33.9 Å². The average molecular weight is 566 g/mol. The molecule has 0 spiro atoms. The van der Waals surface area contributed by atoms with Gasteiger partial charge in [0, 0.05) is 41.7 Å². The third-order valence-corrected chi connectivity index (χ3v) is 9.61. The van der Waals surface area contributed by atoms with Crippen molar-refractivity contribution in [1.29, 1.82) is 10.5 Å². The number of nitriles is 2. The maximum Gasteiger partial charge on any atom is 0.159 e. The van der Waals surface area contributed by atoms with Crippen LogP contribution >= 0.6 is 11.3 Å². The lowest BCUT2D eigenvalue weighted by Crippen LogP contribution is -1.94. The Morgan fingerprint density at radius 3 is 2.23 bits per heavy atom. The first kappa shape index (κ1) is 23.8. The summed E-state index contributed by atoms with van der Waals surface area (Å²) in [6.45, 7) is 0. The summed E-state index contributed by atoms with van der Waals surface area (Å²) in [6, 6.07) is 43.9. The molecule has 3 aromatic heterocycles. The lowest BCUT2D eigenvalue weighted by atomic mass is 9.96. The van der Waals surface area contributed by atoms with Crippen molar-refractivity contribution >= 4 is 75.3 Å². The van der Waals surface area contributed by atoms with Crippen LogP contribution in [0, 0.1) is 22.7 Å². The van der Waals surface area contributed by atoms with Gasteiger partial charge >= 0.3 is 0 Å². The molecule has 43 heavy (non-hydrogen) atoms. The highest BCUT2D eigenvalue weighted by Gasteiger charge is 2.21. The van der Waals surface area contributed by atoms with E-state index in [0.717, 1.165) is 49.4 Å². The molecule has 0 aliphatic rings. The number of benzene rings is 6. The second-order valence-corrected chi connectivity index (χ2v) is 11.8. The normalized spacial score (nSPS) is 11.7. The van der Waals surface area contributed by atoms with Crippen LogP contribution in [0.15, 0.2) is 120 Å². The smallest absolute Gasteiger partial charge is 0.159 e. The molecule has 0 radical (unpaired) electrons. The molecule has 0 aliphatic carbocycles. The first-order valence-corrected chi connectivity index (χ1v) is 14.8. The molecule has 0 unspecified atom stereocenters. The van der Waals surface area contributed by atoms with Crippen LogP contribution in [0.4, 0.5) is 0 Å². The third-order valence-electron chi connectivity index (χ3n) is 8.48. The van der Waals surface area contributed by atoms with Crippen LogP contribution < -0.4 is 0 Å². The van der Waals surface area contributed by atoms with E-state index >= 15 is 0 Å². The van der Waals surface area contributed by atoms with Crippen LogP contribution in [-0.2, 0) is 0 Å². The van der Waals surface area contributed by atoms with E-state index in [-0.39, 0.29) is 0 Å². The molecule has 0 N–H and O–H groups in total. The zero-order valence-corrected chi connectivity index (χ0v) is 23.4. The maximum atomic E-state index is 10.1. The predicted octanol–water partition coefficient (Wildman–Crippen LogP) is 10.5. The Balaban J connectivity index is 1.37. The molecule has 0 saturated carbocycles. The largest absolute Gasteiger partial charge is 0.452 e. The quantitative estimate of drug-likeness (QED) is 0.209. The van der Waals surface area contributed by atoms with E-state index < -0.39 is 0 Å². The predicted molar refractivity (Wildman–Crippen MR) is 176 cm³/mol. The fourth-order valence-corrected chi connectivity index (χ4v) is 7.73. The summed E-state index contributed by atoms with van der Waals surface area (Å²) >= 11 is 1.79. The van der Waals surface area contributed by atoms with Crippen molar-refractivity contribution in [3.63, 3.8) is 0 Å². The van der Waals surface area contributed by atoms with Crippen LogP contribution in [0.25, 0.3) is 80.7 Å². The number of rotatable bonds is 2. The van der Waals surface area contributed by atoms with Gasteiger partial charge in [0.2, 0.25) is 0 Å². The number of nitrogens with zero attached hydrogens (tertiary/aromatic N) is 3. The number of hydrogen-bond donors (Lipinski definition) is 0. The summed E-state index contributed by atoms with van der Waals surface area (Å²) in [6.07, 6.45) is 0. The highest BCUT2D eigenvalue weighted by Crippen LogP contribution is 2.44. The molecule has 9 rings (SSSR count). The lowest BCUT2D eigenvalue weighted by molar-refractivity contribution is 0.665. The lowest BCUT2D eigenvalue weighted by Gasteiger charge is -2.09. The van der Waals surface area contributed by atoms with Gasteiger partial charge in [-0.05, 0) is 53.6 Å². The summed E-state index contributed by atoms with van der Waals surface area (Å²) < 4.78 is 11.3. The van der Waals surface area contributed by atoms with E-state index in [9.17, 15) is 10.5 Å². The SMILES string of the molecule is N#Cc1ccc2c3ccccc3n(-c3cccc4c3oc3c(C#N)ccc(-c5ccc6c(c5)sc5ccccc56)c34)c2c1. The minimum absolute atomic E-state index is 0.498. The van der Waals surface area contributed by atoms with E-state index in [0.29, 0.717) is 22.3 Å². The number of fused-ring (bicyclic) bond motifs is 9. The Morgan fingerprint density at radius 1 is 0.581 bits per heavy atom. The van der Waals surface area contributed by atoms with Gasteiger partial charge < -0.3 is 8.98 Å². The molecule has 9 aromatic rings. The molecule has 4 nitrogen and oxygen atoms in total. The van der Waals surface area contributed by atoms with Gasteiger partial charge in [0.15, 0.2) is 11.2 Å². The maximum absolute atomic E-state index is 10.1. The topological polar surface area (TPSA) is 65.7 Å². The van der Waals surface area contributed by atoms with Crippen molar-refractivity contribution < 1.29 is 4.42 Å². The molecular weight excluding hydrogens is 547 g/mol. The van der Waals surface area contributed by atoms with Gasteiger partial charge in [-0.3, -0.25) is 0 Å². The second kappa shape index (κ2) is 8.81. The number of para-hydroxylation sites is 2. The van der Waals surface area contributed by atoms with Gasteiger partial charge in [-0.2, -0.15) is 10.5 Å². The Kier molecular flexibility index (Phi) is 4.87. The summed E-state index contributed by atoms with van der Waals surface area (Å²) in [4.78, 5) is 0. The van der Waals surface area contributed by atoms with Crippen LogP contribution in [0.3, 0.4) is 0 Å². The van der Waals surface area contributed by atoms with Crippen molar-refractivity contribution in [2.75, 3.05) is 0 Å². The summed E-state index contributed by atoms with van der Waals surface area (Å²) in [5, 5.41) is 26.3. The summed E-state index contributed by atoms with van der Waals surface area (Å²) in [5.74, 6) is 0. The zero-order valence-electron chi connectivity index (χ0n) is 22.6. The monoisotopic (exact) mass is 565 g/mol. The first-order valence-electron chi connectivity index (χ1n) is 14.0. The Labute approximate surface area is 249 Å². The standard InChI is InChI=1S/C38H19N3OS/c39-20-22-12-15-27-26-6-1-3-9-31(26)41(33(27)18-22)32-10-5-8-30-36-25(16-14-24(21-40)37(36)42-38(30)32)23-13-17-29-28-7-2-4-11-34(28)43-35(29)19-23/h1-19H. The molecule has 0 atom stereocenters. The minimum atomic E-state index is 0.498. The van der Waals surface area contributed by atoms with E-state index in [4.69, 9.17) is 4.42 Å². The zero-order chi connectivity index (χ0) is 28.7. The second-order valence-electron chi connectivity index (χ2n) is 10.7. The van der Waals surface area contributed by atoms with Gasteiger partial charge in [0.1, 0.15) is 6.07 Å². The molecule has 3 heterocycles. The molecule has 0 aliphatic heterocycles. The molecule has 0 saturated heterocycles. The molecule has 0 fully saturated rings. The first-order chi connectivity index (χ1) is 21.2. The number of thiophene rings is 1. The van der Waals surface area contributed by atoms with Gasteiger partial charge in [-0.25, -0.2) is 0 Å². The van der Waals surface area contributed by atoms with Gasteiger partial charge in [-0.15, -0.1) is 11.3 Å². The minimum Gasteiger partial charge on any atom is -0.452 e. The molecule has 5 heteroatoms. The van der Waals surface area contributed by atoms with Crippen molar-refractivity contribution in [1.82, 2.24) is 4.57 Å². The Morgan fingerprint density at radius 2 is 1.35 bits per heavy atom. The van der Waals surface area contributed by atoms with Crippen LogP contribution in [-0.4, -0.2) is 4.57 Å².